The minimum Gasteiger partial charge on any atom is -0.390 e. The fourth-order valence-corrected chi connectivity index (χ4v) is 2.50. The molecule has 0 saturated carbocycles. The summed E-state index contributed by atoms with van der Waals surface area (Å²) in [5.41, 5.74) is 2.73. The lowest BCUT2D eigenvalue weighted by atomic mass is 9.85. The van der Waals surface area contributed by atoms with Gasteiger partial charge in [0.1, 0.15) is 0 Å². The molecular formula is C15H24N2O. The minimum atomic E-state index is -0.291. The second-order valence-corrected chi connectivity index (χ2v) is 6.07. The van der Waals surface area contributed by atoms with E-state index in [9.17, 15) is 5.11 Å². The SMILES string of the molecule is CC(C)(C)c1ccccc1N1CCNCC(O)C1. The molecule has 0 aliphatic carbocycles. The largest absolute Gasteiger partial charge is 0.390 e. The molecule has 100 valence electrons. The molecule has 0 amide bonds. The van der Waals surface area contributed by atoms with Crippen LogP contribution in [0.25, 0.3) is 0 Å². The van der Waals surface area contributed by atoms with Crippen LogP contribution < -0.4 is 10.2 Å². The standard InChI is InChI=1S/C15H24N2O/c1-15(2,3)13-6-4-5-7-14(13)17-9-8-16-10-12(18)11-17/h4-7,12,16,18H,8-11H2,1-3H3. The zero-order chi connectivity index (χ0) is 13.2. The molecule has 3 heteroatoms. The zero-order valence-electron chi connectivity index (χ0n) is 11.6. The molecule has 0 radical (unpaired) electrons. The predicted octanol–water partition coefficient (Wildman–Crippen LogP) is 1.75. The lowest BCUT2D eigenvalue weighted by Crippen LogP contribution is -2.34. The zero-order valence-corrected chi connectivity index (χ0v) is 11.6. The number of anilines is 1. The van der Waals surface area contributed by atoms with Crippen LogP contribution in [0.4, 0.5) is 5.69 Å². The van der Waals surface area contributed by atoms with Crippen LogP contribution in [-0.2, 0) is 5.41 Å². The van der Waals surface area contributed by atoms with Crippen LogP contribution in [-0.4, -0.2) is 37.4 Å². The molecule has 1 aromatic carbocycles. The van der Waals surface area contributed by atoms with E-state index in [-0.39, 0.29) is 11.5 Å². The van der Waals surface area contributed by atoms with Crippen LogP contribution in [0.2, 0.25) is 0 Å². The molecule has 1 saturated heterocycles. The van der Waals surface area contributed by atoms with Crippen LogP contribution in [0, 0.1) is 0 Å². The Morgan fingerprint density at radius 2 is 2.00 bits per heavy atom. The predicted molar refractivity (Wildman–Crippen MR) is 76.2 cm³/mol. The number of β-amino-alcohol motifs (C(OH)–C–C–N with tert-alkyl or cyclic N) is 1. The molecular weight excluding hydrogens is 224 g/mol. The van der Waals surface area contributed by atoms with Gasteiger partial charge in [0.2, 0.25) is 0 Å². The lowest BCUT2D eigenvalue weighted by molar-refractivity contribution is 0.184. The Hall–Kier alpha value is -1.06. The van der Waals surface area contributed by atoms with Gasteiger partial charge in [0.25, 0.3) is 0 Å². The highest BCUT2D eigenvalue weighted by atomic mass is 16.3. The van der Waals surface area contributed by atoms with E-state index in [1.165, 1.54) is 11.3 Å². The van der Waals surface area contributed by atoms with Crippen LogP contribution >= 0.6 is 0 Å². The Bertz CT molecular complexity index is 398. The van der Waals surface area contributed by atoms with Crippen molar-refractivity contribution in [3.8, 4) is 0 Å². The number of nitrogens with one attached hydrogen (secondary N) is 1. The summed E-state index contributed by atoms with van der Waals surface area (Å²) in [6, 6.07) is 8.53. The third-order valence-electron chi connectivity index (χ3n) is 3.42. The summed E-state index contributed by atoms with van der Waals surface area (Å²) in [5.74, 6) is 0. The molecule has 0 spiro atoms. The van der Waals surface area contributed by atoms with Gasteiger partial charge >= 0.3 is 0 Å². The van der Waals surface area contributed by atoms with Crippen molar-refractivity contribution in [3.63, 3.8) is 0 Å². The van der Waals surface area contributed by atoms with Gasteiger partial charge in [-0.1, -0.05) is 39.0 Å². The molecule has 1 aliphatic rings. The monoisotopic (exact) mass is 248 g/mol. The number of aliphatic hydroxyl groups excluding tert-OH is 1. The quantitative estimate of drug-likeness (QED) is 0.795. The van der Waals surface area contributed by atoms with Crippen molar-refractivity contribution in [3.05, 3.63) is 29.8 Å². The maximum absolute atomic E-state index is 9.91. The number of benzene rings is 1. The first-order valence-electron chi connectivity index (χ1n) is 6.72. The third-order valence-corrected chi connectivity index (χ3v) is 3.42. The minimum absolute atomic E-state index is 0.126. The number of nitrogens with zero attached hydrogens (tertiary/aromatic N) is 1. The fraction of sp³-hybridized carbons (Fsp3) is 0.600. The van der Waals surface area contributed by atoms with Gasteiger partial charge in [-0.3, -0.25) is 0 Å². The molecule has 0 bridgehead atoms. The van der Waals surface area contributed by atoms with E-state index in [2.05, 4.69) is 55.3 Å². The first kappa shape index (κ1) is 13.4. The molecule has 2 N–H and O–H groups in total. The number of aliphatic hydroxyl groups is 1. The maximum atomic E-state index is 9.91. The van der Waals surface area contributed by atoms with E-state index >= 15 is 0 Å². The van der Waals surface area contributed by atoms with E-state index in [1.54, 1.807) is 0 Å². The molecule has 1 unspecified atom stereocenters. The summed E-state index contributed by atoms with van der Waals surface area (Å²) < 4.78 is 0. The van der Waals surface area contributed by atoms with Crippen molar-refractivity contribution in [2.45, 2.75) is 32.3 Å². The first-order valence-corrected chi connectivity index (χ1v) is 6.72. The van der Waals surface area contributed by atoms with Crippen molar-refractivity contribution in [2.75, 3.05) is 31.1 Å². The van der Waals surface area contributed by atoms with E-state index in [1.807, 2.05) is 0 Å². The van der Waals surface area contributed by atoms with Gasteiger partial charge < -0.3 is 15.3 Å². The van der Waals surface area contributed by atoms with Gasteiger partial charge in [-0.2, -0.15) is 0 Å². The number of hydrogen-bond acceptors (Lipinski definition) is 3. The second kappa shape index (κ2) is 5.29. The highest BCUT2D eigenvalue weighted by Gasteiger charge is 2.23. The van der Waals surface area contributed by atoms with Crippen LogP contribution in [0.5, 0.6) is 0 Å². The van der Waals surface area contributed by atoms with Gasteiger partial charge in [-0.05, 0) is 17.0 Å². The van der Waals surface area contributed by atoms with Crippen molar-refractivity contribution in [1.82, 2.24) is 5.32 Å². The van der Waals surface area contributed by atoms with E-state index < -0.39 is 0 Å². The molecule has 18 heavy (non-hydrogen) atoms. The highest BCUT2D eigenvalue weighted by Crippen LogP contribution is 2.31. The summed E-state index contributed by atoms with van der Waals surface area (Å²) in [6.07, 6.45) is -0.291. The average Bonchev–Trinajstić information content (AvgIpc) is 2.53. The van der Waals surface area contributed by atoms with Crippen LogP contribution in [0.1, 0.15) is 26.3 Å². The molecule has 1 aromatic rings. The van der Waals surface area contributed by atoms with Crippen LogP contribution in [0.15, 0.2) is 24.3 Å². The summed E-state index contributed by atoms with van der Waals surface area (Å²) in [7, 11) is 0. The average molecular weight is 248 g/mol. The maximum Gasteiger partial charge on any atom is 0.0839 e. The Labute approximate surface area is 110 Å². The summed E-state index contributed by atoms with van der Waals surface area (Å²) in [5, 5.41) is 13.2. The molecule has 0 aromatic heterocycles. The van der Waals surface area contributed by atoms with E-state index in [4.69, 9.17) is 0 Å². The van der Waals surface area contributed by atoms with Gasteiger partial charge in [0, 0.05) is 31.9 Å². The number of hydrogen-bond donors (Lipinski definition) is 2. The third kappa shape index (κ3) is 3.03. The summed E-state index contributed by atoms with van der Waals surface area (Å²) in [6.45, 7) is 9.98. The Balaban J connectivity index is 2.32. The van der Waals surface area contributed by atoms with Crippen molar-refractivity contribution in [1.29, 1.82) is 0 Å². The highest BCUT2D eigenvalue weighted by molar-refractivity contribution is 5.56. The van der Waals surface area contributed by atoms with Gasteiger partial charge in [-0.15, -0.1) is 0 Å². The Morgan fingerprint density at radius 3 is 2.72 bits per heavy atom. The van der Waals surface area contributed by atoms with Crippen molar-refractivity contribution in [2.24, 2.45) is 0 Å². The molecule has 1 fully saturated rings. The van der Waals surface area contributed by atoms with Gasteiger partial charge in [0.15, 0.2) is 0 Å². The van der Waals surface area contributed by atoms with Crippen molar-refractivity contribution < 1.29 is 5.11 Å². The lowest BCUT2D eigenvalue weighted by Gasteiger charge is -2.31. The molecule has 2 rings (SSSR count). The Morgan fingerprint density at radius 1 is 1.28 bits per heavy atom. The number of rotatable bonds is 1. The van der Waals surface area contributed by atoms with E-state index in [0.29, 0.717) is 13.1 Å². The van der Waals surface area contributed by atoms with Gasteiger partial charge in [0.05, 0.1) is 6.10 Å². The number of para-hydroxylation sites is 1. The second-order valence-electron chi connectivity index (χ2n) is 6.07. The smallest absolute Gasteiger partial charge is 0.0839 e. The molecule has 3 nitrogen and oxygen atoms in total. The Kier molecular flexibility index (Phi) is 3.93. The van der Waals surface area contributed by atoms with Crippen LogP contribution in [0.3, 0.4) is 0 Å². The summed E-state index contributed by atoms with van der Waals surface area (Å²) in [4.78, 5) is 2.30. The normalized spacial score (nSPS) is 21.8. The van der Waals surface area contributed by atoms with E-state index in [0.717, 1.165) is 13.1 Å². The summed E-state index contributed by atoms with van der Waals surface area (Å²) >= 11 is 0. The molecule has 1 atom stereocenters. The molecule has 1 heterocycles. The first-order chi connectivity index (χ1) is 8.48. The topological polar surface area (TPSA) is 35.5 Å². The fourth-order valence-electron chi connectivity index (χ4n) is 2.50. The van der Waals surface area contributed by atoms with Crippen molar-refractivity contribution >= 4 is 5.69 Å². The van der Waals surface area contributed by atoms with Gasteiger partial charge in [-0.25, -0.2) is 0 Å². The molecule has 1 aliphatic heterocycles.